The lowest BCUT2D eigenvalue weighted by Crippen LogP contribution is -2.38. The first kappa shape index (κ1) is 25.3. The Labute approximate surface area is 228 Å². The highest BCUT2D eigenvalue weighted by atomic mass is 16.5. The van der Waals surface area contributed by atoms with Gasteiger partial charge in [0.25, 0.3) is 0 Å². The Balaban J connectivity index is 1.43. The first-order valence-electron chi connectivity index (χ1n) is 13.5. The summed E-state index contributed by atoms with van der Waals surface area (Å²) < 4.78 is 19.4. The summed E-state index contributed by atoms with van der Waals surface area (Å²) in [5.41, 5.74) is 8.46. The summed E-state index contributed by atoms with van der Waals surface area (Å²) in [4.78, 5) is 7.16. The average molecular weight is 523 g/mol. The number of pyridine rings is 1. The van der Waals surface area contributed by atoms with Crippen molar-refractivity contribution < 1.29 is 14.2 Å². The Morgan fingerprint density at radius 2 is 1.67 bits per heavy atom. The molecule has 0 amide bonds. The number of hydrogen-bond acceptors (Lipinski definition) is 6. The molecule has 1 aliphatic heterocycles. The van der Waals surface area contributed by atoms with Gasteiger partial charge in [-0.25, -0.2) is 4.68 Å². The van der Waals surface area contributed by atoms with Gasteiger partial charge in [0.1, 0.15) is 12.3 Å². The first-order chi connectivity index (χ1) is 19.0. The number of rotatable bonds is 7. The summed E-state index contributed by atoms with van der Waals surface area (Å²) >= 11 is 0. The molecule has 0 saturated carbocycles. The van der Waals surface area contributed by atoms with Gasteiger partial charge in [0.15, 0.2) is 11.5 Å². The fourth-order valence-corrected chi connectivity index (χ4v) is 5.37. The molecule has 6 rings (SSSR count). The van der Waals surface area contributed by atoms with Crippen molar-refractivity contribution in [3.05, 3.63) is 77.5 Å². The Hall–Kier alpha value is -3.94. The second kappa shape index (κ2) is 10.7. The number of aryl methyl sites for hydroxylation is 3. The van der Waals surface area contributed by atoms with Crippen LogP contribution in [0.15, 0.2) is 60.8 Å². The molecule has 5 aromatic rings. The van der Waals surface area contributed by atoms with Gasteiger partial charge < -0.3 is 14.2 Å². The van der Waals surface area contributed by atoms with Crippen LogP contribution in [-0.2, 0) is 4.74 Å². The summed E-state index contributed by atoms with van der Waals surface area (Å²) in [5.74, 6) is 1.42. The van der Waals surface area contributed by atoms with Crippen LogP contribution < -0.4 is 9.47 Å². The third kappa shape index (κ3) is 4.95. The quantitative estimate of drug-likeness (QED) is 0.266. The standard InChI is InChI=1S/C32H34N4O3/c1-21-6-9-28(23(3)17-21)36-32-25-18-22(2)5-8-27(25)33-20-26(32)31(34-36)24-7-10-29(30(19-24)37-4)39-16-13-35-11-14-38-15-12-35/h5-10,17-20H,11-16H2,1-4H3. The van der Waals surface area contributed by atoms with Gasteiger partial charge >= 0.3 is 0 Å². The minimum Gasteiger partial charge on any atom is -0.493 e. The number of hydrogen-bond donors (Lipinski definition) is 0. The number of benzene rings is 3. The number of aromatic nitrogens is 3. The van der Waals surface area contributed by atoms with E-state index in [1.165, 1.54) is 16.7 Å². The van der Waals surface area contributed by atoms with Crippen molar-refractivity contribution in [1.82, 2.24) is 19.7 Å². The van der Waals surface area contributed by atoms with Crippen LogP contribution in [0.25, 0.3) is 38.8 Å². The van der Waals surface area contributed by atoms with Crippen LogP contribution in [0.3, 0.4) is 0 Å². The molecule has 0 N–H and O–H groups in total. The van der Waals surface area contributed by atoms with Crippen LogP contribution in [0.2, 0.25) is 0 Å². The highest BCUT2D eigenvalue weighted by Gasteiger charge is 2.20. The third-order valence-electron chi connectivity index (χ3n) is 7.45. The lowest BCUT2D eigenvalue weighted by Gasteiger charge is -2.26. The van der Waals surface area contributed by atoms with Crippen LogP contribution in [-0.4, -0.2) is 66.2 Å². The molecule has 0 radical (unpaired) electrons. The number of ether oxygens (including phenoxy) is 3. The zero-order valence-electron chi connectivity index (χ0n) is 23.0. The number of methoxy groups -OCH3 is 1. The van der Waals surface area contributed by atoms with Gasteiger partial charge in [-0.3, -0.25) is 9.88 Å². The van der Waals surface area contributed by atoms with Gasteiger partial charge in [0.05, 0.1) is 37.0 Å². The lowest BCUT2D eigenvalue weighted by atomic mass is 10.0. The van der Waals surface area contributed by atoms with Gasteiger partial charge in [0, 0.05) is 42.2 Å². The van der Waals surface area contributed by atoms with Gasteiger partial charge in [0.2, 0.25) is 0 Å². The highest BCUT2D eigenvalue weighted by molar-refractivity contribution is 6.09. The van der Waals surface area contributed by atoms with Crippen LogP contribution in [0, 0.1) is 20.8 Å². The van der Waals surface area contributed by atoms with E-state index in [4.69, 9.17) is 24.3 Å². The number of morpholine rings is 1. The maximum absolute atomic E-state index is 6.14. The van der Waals surface area contributed by atoms with E-state index in [2.05, 4.69) is 72.8 Å². The molecular weight excluding hydrogens is 488 g/mol. The molecule has 1 aliphatic rings. The van der Waals surface area contributed by atoms with Crippen molar-refractivity contribution in [3.63, 3.8) is 0 Å². The molecule has 3 aromatic carbocycles. The first-order valence-corrected chi connectivity index (χ1v) is 13.5. The minimum absolute atomic E-state index is 0.592. The molecule has 7 heteroatoms. The lowest BCUT2D eigenvalue weighted by molar-refractivity contribution is 0.0321. The van der Waals surface area contributed by atoms with Gasteiger partial charge in [-0.2, -0.15) is 5.10 Å². The van der Waals surface area contributed by atoms with E-state index >= 15 is 0 Å². The molecule has 0 aliphatic carbocycles. The van der Waals surface area contributed by atoms with E-state index in [0.717, 1.165) is 77.3 Å². The van der Waals surface area contributed by atoms with Crippen molar-refractivity contribution in [2.75, 3.05) is 46.6 Å². The predicted octanol–water partition coefficient (Wildman–Crippen LogP) is 5.89. The van der Waals surface area contributed by atoms with Crippen LogP contribution in [0.1, 0.15) is 16.7 Å². The Kier molecular flexibility index (Phi) is 6.94. The summed E-state index contributed by atoms with van der Waals surface area (Å²) in [6, 6.07) is 18.9. The van der Waals surface area contributed by atoms with Crippen LogP contribution in [0.4, 0.5) is 0 Å². The molecule has 1 saturated heterocycles. The molecule has 39 heavy (non-hydrogen) atoms. The van der Waals surface area contributed by atoms with E-state index in [1.54, 1.807) is 7.11 Å². The number of nitrogens with zero attached hydrogens (tertiary/aromatic N) is 4. The van der Waals surface area contributed by atoms with Crippen molar-refractivity contribution in [2.45, 2.75) is 20.8 Å². The average Bonchev–Trinajstić information content (AvgIpc) is 3.33. The second-order valence-corrected chi connectivity index (χ2v) is 10.3. The molecule has 3 heterocycles. The molecule has 0 bridgehead atoms. The second-order valence-electron chi connectivity index (χ2n) is 10.3. The molecule has 1 fully saturated rings. The van der Waals surface area contributed by atoms with E-state index in [-0.39, 0.29) is 0 Å². The Morgan fingerprint density at radius 3 is 2.46 bits per heavy atom. The monoisotopic (exact) mass is 522 g/mol. The maximum Gasteiger partial charge on any atom is 0.161 e. The molecule has 0 spiro atoms. The van der Waals surface area contributed by atoms with Crippen molar-refractivity contribution >= 4 is 21.8 Å². The van der Waals surface area contributed by atoms with E-state index in [9.17, 15) is 0 Å². The zero-order chi connectivity index (χ0) is 26.9. The summed E-state index contributed by atoms with van der Waals surface area (Å²) in [6.45, 7) is 11.3. The van der Waals surface area contributed by atoms with Gasteiger partial charge in [-0.05, 0) is 62.7 Å². The summed E-state index contributed by atoms with van der Waals surface area (Å²) in [7, 11) is 1.68. The largest absolute Gasteiger partial charge is 0.493 e. The smallest absolute Gasteiger partial charge is 0.161 e. The Morgan fingerprint density at radius 1 is 0.872 bits per heavy atom. The highest BCUT2D eigenvalue weighted by Crippen LogP contribution is 2.38. The molecule has 2 aromatic heterocycles. The fraction of sp³-hybridized carbons (Fsp3) is 0.312. The van der Waals surface area contributed by atoms with Crippen LogP contribution in [0.5, 0.6) is 11.5 Å². The van der Waals surface area contributed by atoms with Crippen molar-refractivity contribution in [2.24, 2.45) is 0 Å². The Bertz CT molecular complexity index is 1650. The summed E-state index contributed by atoms with van der Waals surface area (Å²) in [5, 5.41) is 7.27. The van der Waals surface area contributed by atoms with Gasteiger partial charge in [-0.1, -0.05) is 29.3 Å². The molecule has 0 atom stereocenters. The van der Waals surface area contributed by atoms with Crippen molar-refractivity contribution in [3.8, 4) is 28.4 Å². The molecule has 0 unspecified atom stereocenters. The van der Waals surface area contributed by atoms with Crippen LogP contribution >= 0.6 is 0 Å². The molecular formula is C32H34N4O3. The van der Waals surface area contributed by atoms with Crippen molar-refractivity contribution in [1.29, 1.82) is 0 Å². The minimum atomic E-state index is 0.592. The predicted molar refractivity (Wildman–Crippen MR) is 155 cm³/mol. The normalized spacial score (nSPS) is 14.3. The fourth-order valence-electron chi connectivity index (χ4n) is 5.37. The topological polar surface area (TPSA) is 61.6 Å². The van der Waals surface area contributed by atoms with E-state index in [1.807, 2.05) is 18.3 Å². The molecule has 7 nitrogen and oxygen atoms in total. The maximum atomic E-state index is 6.14. The van der Waals surface area contributed by atoms with E-state index in [0.29, 0.717) is 12.4 Å². The van der Waals surface area contributed by atoms with E-state index < -0.39 is 0 Å². The SMILES string of the molecule is COc1cc(-c2nn(-c3ccc(C)cc3C)c3c2cnc2ccc(C)cc23)ccc1OCCN1CCOCC1. The molecule has 200 valence electrons. The number of fused-ring (bicyclic) bond motifs is 3. The van der Waals surface area contributed by atoms with Gasteiger partial charge in [-0.15, -0.1) is 0 Å². The summed E-state index contributed by atoms with van der Waals surface area (Å²) in [6.07, 6.45) is 1.94. The third-order valence-corrected chi connectivity index (χ3v) is 7.45. The zero-order valence-corrected chi connectivity index (χ0v) is 23.0.